The van der Waals surface area contributed by atoms with E-state index in [0.717, 1.165) is 28.8 Å². The number of thiazole rings is 1. The van der Waals surface area contributed by atoms with Gasteiger partial charge in [0.05, 0.1) is 28.6 Å². The molecule has 0 fully saturated rings. The second-order valence-electron chi connectivity index (χ2n) is 5.51. The second-order valence-corrected chi connectivity index (χ2v) is 6.54. The number of aromatic nitrogens is 3. The quantitative estimate of drug-likeness (QED) is 0.609. The highest BCUT2D eigenvalue weighted by Gasteiger charge is 2.14. The first-order valence-electron chi connectivity index (χ1n) is 8.28. The monoisotopic (exact) mass is 373 g/mol. The number of rotatable bonds is 6. The zero-order valence-corrected chi connectivity index (χ0v) is 15.3. The third-order valence-electron chi connectivity index (χ3n) is 3.59. The number of hydrogen-bond acceptors (Lipinski definition) is 6. The highest BCUT2D eigenvalue weighted by Crippen LogP contribution is 2.28. The van der Waals surface area contributed by atoms with Crippen molar-refractivity contribution in [2.45, 2.75) is 26.7 Å². The summed E-state index contributed by atoms with van der Waals surface area (Å²) in [6.45, 7) is 4.07. The van der Waals surface area contributed by atoms with Gasteiger partial charge in [0.1, 0.15) is 0 Å². The number of benzene rings is 1. The lowest BCUT2D eigenvalue weighted by molar-refractivity contribution is 0.102. The van der Waals surface area contributed by atoms with Crippen LogP contribution in [0.15, 0.2) is 24.4 Å². The van der Waals surface area contributed by atoms with E-state index in [9.17, 15) is 9.59 Å². The Morgan fingerprint density at radius 1 is 1.27 bits per heavy atom. The molecular weight excluding hydrogens is 354 g/mol. The van der Waals surface area contributed by atoms with E-state index in [-0.39, 0.29) is 5.91 Å². The highest BCUT2D eigenvalue weighted by atomic mass is 32.1. The predicted molar refractivity (Wildman–Crippen MR) is 101 cm³/mol. The van der Waals surface area contributed by atoms with Gasteiger partial charge in [-0.25, -0.2) is 9.78 Å². The standard InChI is InChI=1S/C17H19N5O3S/c1-3-5-12-11(9-18-22-12)15(23)19-10-6-7-13-14(8-10)26-16(20-13)21-17(24)25-4-2/h6-9H,3-5H2,1-2H3,(H,18,22)(H,19,23)(H,20,21,24). The van der Waals surface area contributed by atoms with Gasteiger partial charge in [-0.15, -0.1) is 0 Å². The van der Waals surface area contributed by atoms with Crippen LogP contribution in [-0.2, 0) is 11.2 Å². The molecule has 0 aliphatic heterocycles. The van der Waals surface area contributed by atoms with Gasteiger partial charge in [0.25, 0.3) is 5.91 Å². The lowest BCUT2D eigenvalue weighted by Gasteiger charge is -2.05. The number of aryl methyl sites for hydroxylation is 1. The van der Waals surface area contributed by atoms with Gasteiger partial charge in [-0.2, -0.15) is 5.10 Å². The SMILES string of the molecule is CCCc1[nH]ncc1C(=O)Nc1ccc2nc(NC(=O)OCC)sc2c1. The van der Waals surface area contributed by atoms with Crippen molar-refractivity contribution in [1.82, 2.24) is 15.2 Å². The summed E-state index contributed by atoms with van der Waals surface area (Å²) in [5.74, 6) is -0.212. The Balaban J connectivity index is 1.75. The van der Waals surface area contributed by atoms with Crippen molar-refractivity contribution in [3.63, 3.8) is 0 Å². The summed E-state index contributed by atoms with van der Waals surface area (Å²) in [7, 11) is 0. The average molecular weight is 373 g/mol. The summed E-state index contributed by atoms with van der Waals surface area (Å²) < 4.78 is 5.68. The average Bonchev–Trinajstić information content (AvgIpc) is 3.21. The Kier molecular flexibility index (Phi) is 5.47. The Morgan fingerprint density at radius 3 is 2.88 bits per heavy atom. The van der Waals surface area contributed by atoms with Crippen molar-refractivity contribution in [1.29, 1.82) is 0 Å². The molecule has 0 unspecified atom stereocenters. The largest absolute Gasteiger partial charge is 0.450 e. The summed E-state index contributed by atoms with van der Waals surface area (Å²) in [6.07, 6.45) is 2.68. The zero-order chi connectivity index (χ0) is 18.5. The molecule has 3 N–H and O–H groups in total. The van der Waals surface area contributed by atoms with E-state index in [1.54, 1.807) is 19.1 Å². The van der Waals surface area contributed by atoms with E-state index >= 15 is 0 Å². The molecule has 0 aliphatic carbocycles. The van der Waals surface area contributed by atoms with E-state index < -0.39 is 6.09 Å². The van der Waals surface area contributed by atoms with Crippen LogP contribution >= 0.6 is 11.3 Å². The Hall–Kier alpha value is -2.94. The molecular formula is C17H19N5O3S. The molecule has 9 heteroatoms. The number of nitrogens with one attached hydrogen (secondary N) is 3. The van der Waals surface area contributed by atoms with Crippen molar-refractivity contribution in [2.24, 2.45) is 0 Å². The molecule has 0 spiro atoms. The molecule has 3 aromatic rings. The fraction of sp³-hybridized carbons (Fsp3) is 0.294. The summed E-state index contributed by atoms with van der Waals surface area (Å²) in [4.78, 5) is 28.3. The van der Waals surface area contributed by atoms with E-state index in [2.05, 4.69) is 25.8 Å². The van der Waals surface area contributed by atoms with Crippen molar-refractivity contribution >= 4 is 44.4 Å². The minimum absolute atomic E-state index is 0.212. The molecule has 2 amide bonds. The van der Waals surface area contributed by atoms with E-state index in [1.807, 2.05) is 13.0 Å². The molecule has 0 atom stereocenters. The van der Waals surface area contributed by atoms with Crippen LogP contribution in [0.4, 0.5) is 15.6 Å². The molecule has 1 aromatic carbocycles. The first-order valence-corrected chi connectivity index (χ1v) is 9.10. The smallest absolute Gasteiger partial charge is 0.413 e. The molecule has 0 saturated carbocycles. The van der Waals surface area contributed by atoms with Crippen LogP contribution in [0.25, 0.3) is 10.2 Å². The lowest BCUT2D eigenvalue weighted by atomic mass is 10.1. The fourth-order valence-electron chi connectivity index (χ4n) is 2.46. The number of amides is 2. The minimum atomic E-state index is -0.538. The van der Waals surface area contributed by atoms with Crippen LogP contribution in [0, 0.1) is 0 Å². The third kappa shape index (κ3) is 3.99. The summed E-state index contributed by atoms with van der Waals surface area (Å²) in [6, 6.07) is 5.38. The van der Waals surface area contributed by atoms with Crippen LogP contribution in [0.2, 0.25) is 0 Å². The normalized spacial score (nSPS) is 10.7. The Labute approximate surface area is 154 Å². The minimum Gasteiger partial charge on any atom is -0.450 e. The maximum absolute atomic E-state index is 12.5. The topological polar surface area (TPSA) is 109 Å². The van der Waals surface area contributed by atoms with E-state index in [1.165, 1.54) is 17.5 Å². The number of aromatic amines is 1. The molecule has 3 rings (SSSR count). The molecule has 0 aliphatic rings. The van der Waals surface area contributed by atoms with E-state index in [0.29, 0.717) is 23.0 Å². The number of carbonyl (C=O) groups is 2. The third-order valence-corrected chi connectivity index (χ3v) is 4.53. The molecule has 8 nitrogen and oxygen atoms in total. The number of H-pyrrole nitrogens is 1. The van der Waals surface area contributed by atoms with Gasteiger partial charge in [-0.05, 0) is 31.5 Å². The number of carbonyl (C=O) groups excluding carboxylic acids is 2. The number of hydrogen-bond donors (Lipinski definition) is 3. The predicted octanol–water partition coefficient (Wildman–Crippen LogP) is 3.79. The molecule has 2 heterocycles. The van der Waals surface area contributed by atoms with E-state index in [4.69, 9.17) is 4.74 Å². The van der Waals surface area contributed by atoms with Gasteiger partial charge in [-0.1, -0.05) is 24.7 Å². The van der Waals surface area contributed by atoms with Gasteiger partial charge in [0.15, 0.2) is 5.13 Å². The number of ether oxygens (including phenoxy) is 1. The van der Waals surface area contributed by atoms with Gasteiger partial charge >= 0.3 is 6.09 Å². The van der Waals surface area contributed by atoms with Crippen LogP contribution in [0.3, 0.4) is 0 Å². The van der Waals surface area contributed by atoms with Gasteiger partial charge < -0.3 is 10.1 Å². The van der Waals surface area contributed by atoms with Crippen molar-refractivity contribution in [2.75, 3.05) is 17.2 Å². The molecule has 26 heavy (non-hydrogen) atoms. The van der Waals surface area contributed by atoms with Crippen LogP contribution in [0.1, 0.15) is 36.3 Å². The number of anilines is 2. The maximum Gasteiger partial charge on any atom is 0.413 e. The molecule has 0 radical (unpaired) electrons. The Morgan fingerprint density at radius 2 is 2.12 bits per heavy atom. The summed E-state index contributed by atoms with van der Waals surface area (Å²) >= 11 is 1.31. The zero-order valence-electron chi connectivity index (χ0n) is 14.5. The molecule has 136 valence electrons. The molecule has 0 bridgehead atoms. The first kappa shape index (κ1) is 17.9. The van der Waals surface area contributed by atoms with Gasteiger partial charge in [0.2, 0.25) is 0 Å². The summed E-state index contributed by atoms with van der Waals surface area (Å²) in [5, 5.41) is 12.7. The Bertz CT molecular complexity index is 934. The van der Waals surface area contributed by atoms with Crippen molar-refractivity contribution in [3.8, 4) is 0 Å². The lowest BCUT2D eigenvalue weighted by Crippen LogP contribution is -2.13. The van der Waals surface area contributed by atoms with Gasteiger partial charge in [0, 0.05) is 11.4 Å². The van der Waals surface area contributed by atoms with Crippen LogP contribution < -0.4 is 10.6 Å². The second kappa shape index (κ2) is 7.96. The van der Waals surface area contributed by atoms with Gasteiger partial charge in [-0.3, -0.25) is 15.2 Å². The fourth-order valence-corrected chi connectivity index (χ4v) is 3.35. The molecule has 2 aromatic heterocycles. The highest BCUT2D eigenvalue weighted by molar-refractivity contribution is 7.22. The molecule has 0 saturated heterocycles. The number of fused-ring (bicyclic) bond motifs is 1. The van der Waals surface area contributed by atoms with Crippen molar-refractivity contribution < 1.29 is 14.3 Å². The maximum atomic E-state index is 12.5. The van der Waals surface area contributed by atoms with Crippen LogP contribution in [-0.4, -0.2) is 33.8 Å². The summed E-state index contributed by atoms with van der Waals surface area (Å²) in [5.41, 5.74) is 2.75. The first-order chi connectivity index (χ1) is 12.6. The van der Waals surface area contributed by atoms with Crippen molar-refractivity contribution in [3.05, 3.63) is 35.7 Å². The van der Waals surface area contributed by atoms with Crippen LogP contribution in [0.5, 0.6) is 0 Å². The number of nitrogens with zero attached hydrogens (tertiary/aromatic N) is 2.